The molecule has 3 rings (SSSR count). The van der Waals surface area contributed by atoms with Crippen molar-refractivity contribution in [2.75, 3.05) is 26.7 Å². The van der Waals surface area contributed by atoms with Crippen molar-refractivity contribution in [3.8, 4) is 16.3 Å². The first-order valence-corrected chi connectivity index (χ1v) is 8.17. The average Bonchev–Trinajstić information content (AvgIpc) is 2.96. The van der Waals surface area contributed by atoms with Crippen molar-refractivity contribution in [1.29, 1.82) is 0 Å². The molecule has 1 fully saturated rings. The minimum absolute atomic E-state index is 0. The zero-order valence-corrected chi connectivity index (χ0v) is 15.8. The topological polar surface area (TPSA) is 37.4 Å². The number of nitrogens with one attached hydrogen (secondary N) is 1. The zero-order valence-electron chi connectivity index (χ0n) is 13.3. The normalized spacial score (nSPS) is 17.9. The van der Waals surface area contributed by atoms with Gasteiger partial charge in [0.05, 0.1) is 12.8 Å². The Balaban J connectivity index is 0.00000132. The minimum Gasteiger partial charge on any atom is -0.497 e. The lowest BCUT2D eigenvalue weighted by Crippen LogP contribution is -2.48. The van der Waals surface area contributed by atoms with Crippen molar-refractivity contribution in [3.63, 3.8) is 0 Å². The molecule has 2 aromatic rings. The SMILES string of the molecule is COc1ccc(-c2nc(CN3CCNC(C)C3)cs2)cc1.Cl.Cl. The van der Waals surface area contributed by atoms with Crippen molar-refractivity contribution < 1.29 is 4.74 Å². The fourth-order valence-corrected chi connectivity index (χ4v) is 3.45. The summed E-state index contributed by atoms with van der Waals surface area (Å²) in [7, 11) is 1.69. The van der Waals surface area contributed by atoms with E-state index in [2.05, 4.69) is 34.7 Å². The second kappa shape index (κ2) is 9.45. The standard InChI is InChI=1S/C16H21N3OS.2ClH/c1-12-9-19(8-7-17-12)10-14-11-21-16(18-14)13-3-5-15(20-2)6-4-13;;/h3-6,11-12,17H,7-10H2,1-2H3;2*1H. The van der Waals surface area contributed by atoms with Crippen LogP contribution < -0.4 is 10.1 Å². The molecule has 1 N–H and O–H groups in total. The molecule has 0 bridgehead atoms. The van der Waals surface area contributed by atoms with Gasteiger partial charge in [-0.05, 0) is 31.2 Å². The van der Waals surface area contributed by atoms with Gasteiger partial charge in [0, 0.05) is 43.2 Å². The third-order valence-corrected chi connectivity index (χ3v) is 4.67. The third kappa shape index (κ3) is 5.33. The summed E-state index contributed by atoms with van der Waals surface area (Å²) in [5, 5.41) is 6.72. The van der Waals surface area contributed by atoms with Gasteiger partial charge < -0.3 is 10.1 Å². The molecule has 1 aromatic heterocycles. The van der Waals surface area contributed by atoms with Crippen LogP contribution in [0.15, 0.2) is 29.6 Å². The number of ether oxygens (including phenoxy) is 1. The Labute approximate surface area is 154 Å². The number of benzene rings is 1. The summed E-state index contributed by atoms with van der Waals surface area (Å²) in [6.45, 7) is 6.43. The fraction of sp³-hybridized carbons (Fsp3) is 0.438. The molecule has 23 heavy (non-hydrogen) atoms. The molecule has 0 radical (unpaired) electrons. The van der Waals surface area contributed by atoms with E-state index in [0.29, 0.717) is 6.04 Å². The Morgan fingerprint density at radius 1 is 1.30 bits per heavy atom. The molecule has 1 aromatic carbocycles. The van der Waals surface area contributed by atoms with Gasteiger partial charge >= 0.3 is 0 Å². The van der Waals surface area contributed by atoms with Crippen molar-refractivity contribution in [1.82, 2.24) is 15.2 Å². The number of piperazine rings is 1. The first-order valence-electron chi connectivity index (χ1n) is 7.29. The van der Waals surface area contributed by atoms with E-state index < -0.39 is 0 Å². The molecule has 0 spiro atoms. The first kappa shape index (κ1) is 20.2. The van der Waals surface area contributed by atoms with Crippen LogP contribution in [0.2, 0.25) is 0 Å². The second-order valence-corrected chi connectivity index (χ2v) is 6.32. The van der Waals surface area contributed by atoms with Crippen molar-refractivity contribution >= 4 is 36.2 Å². The number of hydrogen-bond acceptors (Lipinski definition) is 5. The number of thiazole rings is 1. The van der Waals surface area contributed by atoms with Crippen LogP contribution in [-0.4, -0.2) is 42.7 Å². The molecule has 7 heteroatoms. The highest BCUT2D eigenvalue weighted by molar-refractivity contribution is 7.13. The van der Waals surface area contributed by atoms with E-state index >= 15 is 0 Å². The summed E-state index contributed by atoms with van der Waals surface area (Å²) >= 11 is 1.71. The van der Waals surface area contributed by atoms with Gasteiger partial charge in [-0.15, -0.1) is 36.2 Å². The number of nitrogens with zero attached hydrogens (tertiary/aromatic N) is 2. The summed E-state index contributed by atoms with van der Waals surface area (Å²) in [5.41, 5.74) is 2.32. The van der Waals surface area contributed by atoms with Crippen LogP contribution in [0.5, 0.6) is 5.75 Å². The third-order valence-electron chi connectivity index (χ3n) is 3.73. The fourth-order valence-electron chi connectivity index (χ4n) is 2.63. The molecule has 1 atom stereocenters. The second-order valence-electron chi connectivity index (χ2n) is 5.46. The van der Waals surface area contributed by atoms with Crippen LogP contribution in [0.1, 0.15) is 12.6 Å². The smallest absolute Gasteiger partial charge is 0.123 e. The molecular weight excluding hydrogens is 353 g/mol. The summed E-state index contributed by atoms with van der Waals surface area (Å²) in [6, 6.07) is 8.66. The molecular formula is C16H23Cl2N3OS. The highest BCUT2D eigenvalue weighted by atomic mass is 35.5. The van der Waals surface area contributed by atoms with Crippen LogP contribution in [0.25, 0.3) is 10.6 Å². The van der Waals surface area contributed by atoms with Crippen LogP contribution in [0.4, 0.5) is 0 Å². The molecule has 1 aliphatic heterocycles. The maximum atomic E-state index is 5.19. The number of hydrogen-bond donors (Lipinski definition) is 1. The summed E-state index contributed by atoms with van der Waals surface area (Å²) in [5.74, 6) is 0.880. The number of rotatable bonds is 4. The summed E-state index contributed by atoms with van der Waals surface area (Å²) in [4.78, 5) is 7.24. The van der Waals surface area contributed by atoms with E-state index in [-0.39, 0.29) is 24.8 Å². The Morgan fingerprint density at radius 3 is 2.70 bits per heavy atom. The van der Waals surface area contributed by atoms with E-state index in [9.17, 15) is 0 Å². The largest absolute Gasteiger partial charge is 0.497 e. The van der Waals surface area contributed by atoms with Crippen LogP contribution in [-0.2, 0) is 6.54 Å². The predicted molar refractivity (Wildman–Crippen MR) is 101 cm³/mol. The maximum absolute atomic E-state index is 5.19. The van der Waals surface area contributed by atoms with Crippen LogP contribution >= 0.6 is 36.2 Å². The molecule has 128 valence electrons. The van der Waals surface area contributed by atoms with Gasteiger partial charge in [0.25, 0.3) is 0 Å². The Hall–Kier alpha value is -0.850. The van der Waals surface area contributed by atoms with E-state index in [1.54, 1.807) is 18.4 Å². The number of halogens is 2. The highest BCUT2D eigenvalue weighted by Gasteiger charge is 2.16. The minimum atomic E-state index is 0. The van der Waals surface area contributed by atoms with E-state index in [1.807, 2.05) is 12.1 Å². The van der Waals surface area contributed by atoms with Gasteiger partial charge in [-0.25, -0.2) is 4.98 Å². The Morgan fingerprint density at radius 2 is 2.04 bits per heavy atom. The van der Waals surface area contributed by atoms with Crippen LogP contribution in [0, 0.1) is 0 Å². The number of aromatic nitrogens is 1. The van der Waals surface area contributed by atoms with E-state index in [4.69, 9.17) is 9.72 Å². The summed E-state index contributed by atoms with van der Waals surface area (Å²) in [6.07, 6.45) is 0. The highest BCUT2D eigenvalue weighted by Crippen LogP contribution is 2.26. The lowest BCUT2D eigenvalue weighted by atomic mass is 10.2. The van der Waals surface area contributed by atoms with Gasteiger partial charge in [0.2, 0.25) is 0 Å². The lowest BCUT2D eigenvalue weighted by Gasteiger charge is -2.31. The molecule has 0 amide bonds. The maximum Gasteiger partial charge on any atom is 0.123 e. The molecule has 0 saturated carbocycles. The Bertz CT molecular complexity index is 591. The van der Waals surface area contributed by atoms with Crippen molar-refractivity contribution in [2.45, 2.75) is 19.5 Å². The summed E-state index contributed by atoms with van der Waals surface area (Å²) < 4.78 is 5.19. The Kier molecular flexibility index (Phi) is 8.29. The molecule has 2 heterocycles. The monoisotopic (exact) mass is 375 g/mol. The quantitative estimate of drug-likeness (QED) is 0.887. The van der Waals surface area contributed by atoms with Gasteiger partial charge in [-0.3, -0.25) is 4.90 Å². The van der Waals surface area contributed by atoms with E-state index in [0.717, 1.165) is 42.5 Å². The predicted octanol–water partition coefficient (Wildman–Crippen LogP) is 3.46. The van der Waals surface area contributed by atoms with Gasteiger partial charge in [-0.2, -0.15) is 0 Å². The lowest BCUT2D eigenvalue weighted by molar-refractivity contribution is 0.198. The van der Waals surface area contributed by atoms with E-state index in [1.165, 1.54) is 5.69 Å². The van der Waals surface area contributed by atoms with Crippen molar-refractivity contribution in [3.05, 3.63) is 35.3 Å². The molecule has 4 nitrogen and oxygen atoms in total. The van der Waals surface area contributed by atoms with Gasteiger partial charge in [-0.1, -0.05) is 0 Å². The zero-order chi connectivity index (χ0) is 14.7. The molecule has 1 unspecified atom stereocenters. The average molecular weight is 376 g/mol. The molecule has 0 aliphatic carbocycles. The number of methoxy groups -OCH3 is 1. The van der Waals surface area contributed by atoms with Crippen LogP contribution in [0.3, 0.4) is 0 Å². The van der Waals surface area contributed by atoms with Crippen molar-refractivity contribution in [2.24, 2.45) is 0 Å². The van der Waals surface area contributed by atoms with Gasteiger partial charge in [0.1, 0.15) is 10.8 Å². The first-order chi connectivity index (χ1) is 10.2. The molecule has 1 saturated heterocycles. The molecule has 1 aliphatic rings. The van der Waals surface area contributed by atoms with Gasteiger partial charge in [0.15, 0.2) is 0 Å².